The zero-order chi connectivity index (χ0) is 14.4. The lowest BCUT2D eigenvalue weighted by Gasteiger charge is -2.09. The third kappa shape index (κ3) is 1.78. The molecule has 0 amide bonds. The monoisotopic (exact) mass is 336 g/mol. The van der Waals surface area contributed by atoms with Crippen LogP contribution in [0.2, 0.25) is 0 Å². The molecule has 4 aromatic rings. The van der Waals surface area contributed by atoms with Crippen molar-refractivity contribution in [3.63, 3.8) is 0 Å². The second kappa shape index (κ2) is 4.64. The quantitative estimate of drug-likeness (QED) is 0.480. The lowest BCUT2D eigenvalue weighted by molar-refractivity contribution is 1.18. The summed E-state index contributed by atoms with van der Waals surface area (Å²) < 4.78 is 3.29. The van der Waals surface area contributed by atoms with Gasteiger partial charge in [-0.3, -0.25) is 0 Å². The third-order valence-corrected chi connectivity index (χ3v) is 4.47. The molecule has 0 aliphatic rings. The molecule has 0 saturated carbocycles. The van der Waals surface area contributed by atoms with Crippen molar-refractivity contribution < 1.29 is 0 Å². The van der Waals surface area contributed by atoms with E-state index in [1.807, 2.05) is 30.3 Å². The second-order valence-electron chi connectivity index (χ2n) is 5.05. The number of hydrogen-bond donors (Lipinski definition) is 1. The highest BCUT2D eigenvalue weighted by Crippen LogP contribution is 2.38. The zero-order valence-electron chi connectivity index (χ0n) is 11.3. The van der Waals surface area contributed by atoms with E-state index >= 15 is 0 Å². The Balaban J connectivity index is 2.30. The molecular formula is C18H13BrN2. The van der Waals surface area contributed by atoms with E-state index < -0.39 is 0 Å². The summed E-state index contributed by atoms with van der Waals surface area (Å²) in [4.78, 5) is 0. The van der Waals surface area contributed by atoms with E-state index in [9.17, 15) is 0 Å². The molecule has 0 bridgehead atoms. The molecule has 1 heterocycles. The van der Waals surface area contributed by atoms with Crippen LogP contribution in [0.15, 0.2) is 71.2 Å². The first-order chi connectivity index (χ1) is 10.3. The van der Waals surface area contributed by atoms with Gasteiger partial charge in [0, 0.05) is 20.9 Å². The van der Waals surface area contributed by atoms with Crippen LogP contribution in [0.4, 0.5) is 5.69 Å². The Morgan fingerprint density at radius 2 is 1.52 bits per heavy atom. The summed E-state index contributed by atoms with van der Waals surface area (Å²) in [5, 5.41) is 2.37. The van der Waals surface area contributed by atoms with Gasteiger partial charge in [-0.05, 0) is 30.3 Å². The molecule has 21 heavy (non-hydrogen) atoms. The minimum absolute atomic E-state index is 0.785. The molecule has 0 saturated heterocycles. The van der Waals surface area contributed by atoms with E-state index in [0.717, 1.165) is 32.3 Å². The number of para-hydroxylation sites is 2. The van der Waals surface area contributed by atoms with Gasteiger partial charge in [0.15, 0.2) is 0 Å². The van der Waals surface area contributed by atoms with Crippen molar-refractivity contribution in [3.8, 4) is 5.69 Å². The number of benzene rings is 3. The number of fused-ring (bicyclic) bond motifs is 3. The predicted octanol–water partition coefficient (Wildman–Crippen LogP) is 5.13. The Morgan fingerprint density at radius 3 is 2.33 bits per heavy atom. The molecular weight excluding hydrogens is 324 g/mol. The minimum atomic E-state index is 0.785. The molecule has 2 nitrogen and oxygen atoms in total. The van der Waals surface area contributed by atoms with Crippen molar-refractivity contribution in [2.24, 2.45) is 0 Å². The van der Waals surface area contributed by atoms with Gasteiger partial charge >= 0.3 is 0 Å². The predicted molar refractivity (Wildman–Crippen MR) is 92.9 cm³/mol. The maximum Gasteiger partial charge on any atom is 0.0782 e. The first-order valence-corrected chi connectivity index (χ1v) is 7.59. The van der Waals surface area contributed by atoms with Crippen molar-refractivity contribution in [1.29, 1.82) is 0 Å². The van der Waals surface area contributed by atoms with Crippen LogP contribution in [0, 0.1) is 0 Å². The van der Waals surface area contributed by atoms with Crippen LogP contribution >= 0.6 is 15.9 Å². The van der Waals surface area contributed by atoms with E-state index in [1.54, 1.807) is 0 Å². The Morgan fingerprint density at radius 1 is 0.810 bits per heavy atom. The molecule has 1 aromatic heterocycles. The first kappa shape index (κ1) is 12.5. The van der Waals surface area contributed by atoms with Crippen molar-refractivity contribution in [2.75, 3.05) is 5.73 Å². The van der Waals surface area contributed by atoms with E-state index in [2.05, 4.69) is 56.9 Å². The van der Waals surface area contributed by atoms with Gasteiger partial charge in [0.05, 0.1) is 16.7 Å². The van der Waals surface area contributed by atoms with Crippen molar-refractivity contribution in [1.82, 2.24) is 4.57 Å². The Labute approximate surface area is 130 Å². The molecule has 0 spiro atoms. The fourth-order valence-electron chi connectivity index (χ4n) is 2.93. The van der Waals surface area contributed by atoms with E-state index in [1.165, 1.54) is 5.39 Å². The highest BCUT2D eigenvalue weighted by Gasteiger charge is 2.15. The van der Waals surface area contributed by atoms with Crippen LogP contribution in [0.3, 0.4) is 0 Å². The maximum absolute atomic E-state index is 6.29. The molecule has 0 atom stereocenters. The van der Waals surface area contributed by atoms with Crippen LogP contribution < -0.4 is 5.73 Å². The summed E-state index contributed by atoms with van der Waals surface area (Å²) in [7, 11) is 0. The number of nitrogens with two attached hydrogens (primary N) is 1. The van der Waals surface area contributed by atoms with E-state index in [4.69, 9.17) is 5.73 Å². The van der Waals surface area contributed by atoms with Gasteiger partial charge in [-0.15, -0.1) is 0 Å². The fraction of sp³-hybridized carbons (Fsp3) is 0. The van der Waals surface area contributed by atoms with Gasteiger partial charge in [-0.2, -0.15) is 0 Å². The van der Waals surface area contributed by atoms with Gasteiger partial charge in [0.1, 0.15) is 0 Å². The SMILES string of the molecule is Nc1ccc(Br)c2c3ccccc3n(-c3ccccc3)c12. The summed E-state index contributed by atoms with van der Waals surface area (Å²) in [6, 6.07) is 22.7. The first-order valence-electron chi connectivity index (χ1n) is 6.80. The number of nitrogens with zero attached hydrogens (tertiary/aromatic N) is 1. The highest BCUT2D eigenvalue weighted by atomic mass is 79.9. The number of halogens is 1. The third-order valence-electron chi connectivity index (χ3n) is 3.81. The Hall–Kier alpha value is -2.26. The lowest BCUT2D eigenvalue weighted by atomic mass is 10.1. The van der Waals surface area contributed by atoms with Crippen LogP contribution in [0.1, 0.15) is 0 Å². The van der Waals surface area contributed by atoms with Gasteiger partial charge in [-0.25, -0.2) is 0 Å². The molecule has 0 unspecified atom stereocenters. The molecule has 0 fully saturated rings. The van der Waals surface area contributed by atoms with Crippen molar-refractivity contribution in [2.45, 2.75) is 0 Å². The summed E-state index contributed by atoms with van der Waals surface area (Å²) in [5.74, 6) is 0. The van der Waals surface area contributed by atoms with E-state index in [-0.39, 0.29) is 0 Å². The maximum atomic E-state index is 6.29. The Kier molecular flexibility index (Phi) is 2.76. The summed E-state index contributed by atoms with van der Waals surface area (Å²) >= 11 is 3.67. The fourth-order valence-corrected chi connectivity index (χ4v) is 3.46. The summed E-state index contributed by atoms with van der Waals surface area (Å²) in [5.41, 5.74) is 10.4. The van der Waals surface area contributed by atoms with Crippen LogP contribution in [-0.2, 0) is 0 Å². The zero-order valence-corrected chi connectivity index (χ0v) is 12.8. The van der Waals surface area contributed by atoms with Crippen molar-refractivity contribution >= 4 is 43.4 Å². The van der Waals surface area contributed by atoms with Gasteiger partial charge in [-0.1, -0.05) is 52.3 Å². The average Bonchev–Trinajstić information content (AvgIpc) is 2.88. The number of hydrogen-bond acceptors (Lipinski definition) is 1. The van der Waals surface area contributed by atoms with Crippen molar-refractivity contribution in [3.05, 3.63) is 71.2 Å². The number of rotatable bonds is 1. The molecule has 102 valence electrons. The number of aromatic nitrogens is 1. The number of nitrogen functional groups attached to an aromatic ring is 1. The molecule has 3 aromatic carbocycles. The largest absolute Gasteiger partial charge is 0.397 e. The van der Waals surface area contributed by atoms with Gasteiger partial charge in [0.2, 0.25) is 0 Å². The molecule has 2 N–H and O–H groups in total. The second-order valence-corrected chi connectivity index (χ2v) is 5.90. The molecule has 0 aliphatic carbocycles. The van der Waals surface area contributed by atoms with Gasteiger partial charge < -0.3 is 10.3 Å². The smallest absolute Gasteiger partial charge is 0.0782 e. The topological polar surface area (TPSA) is 30.9 Å². The van der Waals surface area contributed by atoms with E-state index in [0.29, 0.717) is 0 Å². The highest BCUT2D eigenvalue weighted by molar-refractivity contribution is 9.10. The summed E-state index contributed by atoms with van der Waals surface area (Å²) in [6.45, 7) is 0. The molecule has 0 radical (unpaired) electrons. The Bertz CT molecular complexity index is 955. The minimum Gasteiger partial charge on any atom is -0.397 e. The van der Waals surface area contributed by atoms with Crippen LogP contribution in [0.5, 0.6) is 0 Å². The van der Waals surface area contributed by atoms with Crippen LogP contribution in [-0.4, -0.2) is 4.57 Å². The lowest BCUT2D eigenvalue weighted by Crippen LogP contribution is -1.96. The molecule has 3 heteroatoms. The molecule has 4 rings (SSSR count). The molecule has 0 aliphatic heterocycles. The standard InChI is InChI=1S/C18H13BrN2/c19-14-10-11-15(20)18-17(14)13-8-4-5-9-16(13)21(18)12-6-2-1-3-7-12/h1-11H,20H2. The van der Waals surface area contributed by atoms with Gasteiger partial charge in [0.25, 0.3) is 0 Å². The average molecular weight is 337 g/mol. The number of anilines is 1. The van der Waals surface area contributed by atoms with Crippen LogP contribution in [0.25, 0.3) is 27.5 Å². The summed E-state index contributed by atoms with van der Waals surface area (Å²) in [6.07, 6.45) is 0. The normalized spacial score (nSPS) is 11.3.